The van der Waals surface area contributed by atoms with Crippen molar-refractivity contribution in [3.63, 3.8) is 0 Å². The molecule has 0 aliphatic heterocycles. The Hall–Kier alpha value is -2.80. The Morgan fingerprint density at radius 2 is 2.07 bits per heavy atom. The Bertz CT molecular complexity index is 1170. The molecule has 0 N–H and O–H groups in total. The van der Waals surface area contributed by atoms with E-state index in [1.54, 1.807) is 0 Å². The second-order valence-corrected chi connectivity index (χ2v) is 8.79. The van der Waals surface area contributed by atoms with E-state index in [1.165, 1.54) is 22.7 Å². The van der Waals surface area contributed by atoms with E-state index >= 15 is 0 Å². The van der Waals surface area contributed by atoms with Gasteiger partial charge < -0.3 is 4.42 Å². The highest BCUT2D eigenvalue weighted by molar-refractivity contribution is 7.99. The minimum absolute atomic E-state index is 0.0591. The molecular weight excluding hydrogens is 424 g/mol. The van der Waals surface area contributed by atoms with Crippen molar-refractivity contribution in [2.45, 2.75) is 18.1 Å². The summed E-state index contributed by atoms with van der Waals surface area (Å²) in [5, 5.41) is 22.2. The predicted molar refractivity (Wildman–Crippen MR) is 114 cm³/mol. The number of carbonyl (C=O) groups excluding carboxylic acids is 1. The van der Waals surface area contributed by atoms with Crippen LogP contribution in [0.3, 0.4) is 0 Å². The number of benzene rings is 1. The van der Waals surface area contributed by atoms with Gasteiger partial charge in [0.25, 0.3) is 11.1 Å². The van der Waals surface area contributed by atoms with E-state index in [1.807, 2.05) is 54.1 Å². The lowest BCUT2D eigenvalue weighted by Crippen LogP contribution is -2.13. The van der Waals surface area contributed by atoms with Crippen molar-refractivity contribution in [1.82, 2.24) is 15.2 Å². The number of thiophene rings is 1. The van der Waals surface area contributed by atoms with Crippen LogP contribution in [-0.2, 0) is 4.79 Å². The molecule has 0 aliphatic carbocycles. The van der Waals surface area contributed by atoms with Crippen molar-refractivity contribution < 1.29 is 9.21 Å². The van der Waals surface area contributed by atoms with E-state index in [2.05, 4.69) is 21.3 Å². The molecule has 0 aliphatic rings. The first kappa shape index (κ1) is 19.5. The van der Waals surface area contributed by atoms with Gasteiger partial charge in [0, 0.05) is 10.9 Å². The Morgan fingerprint density at radius 3 is 2.79 bits per heavy atom. The van der Waals surface area contributed by atoms with Gasteiger partial charge in [-0.05, 0) is 23.9 Å². The SMILES string of the molecule is Cc1ccsc1-c1nnc(SCC(=O)C(C#N)c2nc(-c3ccccc3)cs2)o1. The lowest BCUT2D eigenvalue weighted by atomic mass is 10.1. The van der Waals surface area contributed by atoms with E-state index in [-0.39, 0.29) is 11.5 Å². The number of hydrogen-bond donors (Lipinski definition) is 0. The number of Topliss-reactive ketones (excluding diaryl/α,β-unsaturated/α-hetero) is 1. The molecule has 0 spiro atoms. The maximum Gasteiger partial charge on any atom is 0.277 e. The summed E-state index contributed by atoms with van der Waals surface area (Å²) in [6.07, 6.45) is 0. The van der Waals surface area contributed by atoms with Gasteiger partial charge in [-0.1, -0.05) is 42.1 Å². The van der Waals surface area contributed by atoms with Gasteiger partial charge in [0.15, 0.2) is 11.7 Å². The number of thiazole rings is 1. The highest BCUT2D eigenvalue weighted by Crippen LogP contribution is 2.31. The van der Waals surface area contributed by atoms with E-state index in [0.717, 1.165) is 33.5 Å². The van der Waals surface area contributed by atoms with Gasteiger partial charge in [-0.25, -0.2) is 4.98 Å². The summed E-state index contributed by atoms with van der Waals surface area (Å²) in [4.78, 5) is 18.0. The van der Waals surface area contributed by atoms with E-state index < -0.39 is 5.92 Å². The van der Waals surface area contributed by atoms with Crippen molar-refractivity contribution in [3.05, 3.63) is 57.7 Å². The quantitative estimate of drug-likeness (QED) is 0.366. The summed E-state index contributed by atoms with van der Waals surface area (Å²) in [7, 11) is 0. The third kappa shape index (κ3) is 4.29. The molecular formula is C20H14N4O2S3. The number of nitriles is 1. The summed E-state index contributed by atoms with van der Waals surface area (Å²) in [5.41, 5.74) is 2.78. The van der Waals surface area contributed by atoms with E-state index in [4.69, 9.17) is 4.42 Å². The van der Waals surface area contributed by atoms with Crippen LogP contribution >= 0.6 is 34.4 Å². The standard InChI is InChI=1S/C20H14N4O2S3/c1-12-7-8-27-17(12)18-23-24-20(26-18)29-11-16(25)14(9-21)19-22-15(10-28-19)13-5-3-2-4-6-13/h2-8,10,14H,11H2,1H3. The van der Waals surface area contributed by atoms with E-state index in [0.29, 0.717) is 16.1 Å². The van der Waals surface area contributed by atoms with Crippen LogP contribution < -0.4 is 0 Å². The smallest absolute Gasteiger partial charge is 0.277 e. The van der Waals surface area contributed by atoms with Gasteiger partial charge in [0.1, 0.15) is 5.01 Å². The lowest BCUT2D eigenvalue weighted by Gasteiger charge is -2.03. The molecule has 29 heavy (non-hydrogen) atoms. The van der Waals surface area contributed by atoms with Crippen molar-refractivity contribution in [1.29, 1.82) is 5.26 Å². The van der Waals surface area contributed by atoms with Crippen molar-refractivity contribution in [2.24, 2.45) is 0 Å². The molecule has 0 bridgehead atoms. The van der Waals surface area contributed by atoms with Crippen LogP contribution in [0.25, 0.3) is 22.0 Å². The maximum atomic E-state index is 12.6. The topological polar surface area (TPSA) is 92.7 Å². The van der Waals surface area contributed by atoms with Gasteiger partial charge in [-0.2, -0.15) is 5.26 Å². The molecule has 4 aromatic rings. The molecule has 1 unspecified atom stereocenters. The molecule has 4 rings (SSSR count). The number of hydrogen-bond acceptors (Lipinski definition) is 9. The molecule has 6 nitrogen and oxygen atoms in total. The zero-order valence-corrected chi connectivity index (χ0v) is 17.7. The Labute approximate surface area is 179 Å². The summed E-state index contributed by atoms with van der Waals surface area (Å²) in [6.45, 7) is 1.97. The van der Waals surface area contributed by atoms with E-state index in [9.17, 15) is 10.1 Å². The van der Waals surface area contributed by atoms with Gasteiger partial charge in [0.05, 0.1) is 22.4 Å². The third-order valence-electron chi connectivity index (χ3n) is 4.09. The minimum Gasteiger partial charge on any atom is -0.410 e. The highest BCUT2D eigenvalue weighted by atomic mass is 32.2. The Kier molecular flexibility index (Phi) is 5.85. The molecule has 9 heteroatoms. The molecule has 0 amide bonds. The van der Waals surface area contributed by atoms with Crippen molar-refractivity contribution in [3.8, 4) is 28.1 Å². The number of thioether (sulfide) groups is 1. The van der Waals surface area contributed by atoms with Crippen LogP contribution in [0.4, 0.5) is 0 Å². The monoisotopic (exact) mass is 438 g/mol. The number of rotatable bonds is 7. The first-order valence-electron chi connectivity index (χ1n) is 8.59. The largest absolute Gasteiger partial charge is 0.410 e. The Balaban J connectivity index is 1.43. The van der Waals surface area contributed by atoms with Crippen LogP contribution in [0.5, 0.6) is 0 Å². The van der Waals surface area contributed by atoms with Gasteiger partial charge in [-0.3, -0.25) is 4.79 Å². The summed E-state index contributed by atoms with van der Waals surface area (Å²) >= 11 is 3.98. The zero-order valence-electron chi connectivity index (χ0n) is 15.2. The van der Waals surface area contributed by atoms with Gasteiger partial charge in [-0.15, -0.1) is 32.9 Å². The summed E-state index contributed by atoms with van der Waals surface area (Å²) in [5.74, 6) is -0.647. The maximum absolute atomic E-state index is 12.6. The fourth-order valence-electron chi connectivity index (χ4n) is 2.59. The van der Waals surface area contributed by atoms with Crippen molar-refractivity contribution in [2.75, 3.05) is 5.75 Å². The van der Waals surface area contributed by atoms with Gasteiger partial charge >= 0.3 is 0 Å². The zero-order chi connectivity index (χ0) is 20.2. The number of carbonyl (C=O) groups is 1. The average Bonchev–Trinajstić information content (AvgIpc) is 3.48. The van der Waals surface area contributed by atoms with Crippen molar-refractivity contribution >= 4 is 40.2 Å². The van der Waals surface area contributed by atoms with Crippen LogP contribution in [0.2, 0.25) is 0 Å². The molecule has 1 aromatic carbocycles. The first-order chi connectivity index (χ1) is 14.2. The second kappa shape index (κ2) is 8.69. The molecule has 0 fully saturated rings. The Morgan fingerprint density at radius 1 is 1.24 bits per heavy atom. The number of nitrogens with zero attached hydrogens (tertiary/aromatic N) is 4. The lowest BCUT2D eigenvalue weighted by molar-refractivity contribution is -0.116. The fraction of sp³-hybridized carbons (Fsp3) is 0.150. The highest BCUT2D eigenvalue weighted by Gasteiger charge is 2.25. The minimum atomic E-state index is -0.910. The summed E-state index contributed by atoms with van der Waals surface area (Å²) in [6, 6.07) is 13.7. The van der Waals surface area contributed by atoms with Crippen LogP contribution in [0.1, 0.15) is 16.5 Å². The second-order valence-electron chi connectivity index (χ2n) is 6.06. The molecule has 3 heterocycles. The molecule has 1 atom stereocenters. The molecule has 144 valence electrons. The number of ketones is 1. The van der Waals surface area contributed by atoms with Crippen LogP contribution in [-0.4, -0.2) is 26.7 Å². The van der Waals surface area contributed by atoms with Crippen LogP contribution in [0, 0.1) is 18.3 Å². The van der Waals surface area contributed by atoms with Gasteiger partial charge in [0.2, 0.25) is 0 Å². The molecule has 0 radical (unpaired) electrons. The molecule has 0 saturated heterocycles. The van der Waals surface area contributed by atoms with Crippen LogP contribution in [0.15, 0.2) is 56.8 Å². The normalized spacial score (nSPS) is 11.9. The summed E-state index contributed by atoms with van der Waals surface area (Å²) < 4.78 is 5.64. The first-order valence-corrected chi connectivity index (χ1v) is 11.3. The number of aryl methyl sites for hydroxylation is 1. The third-order valence-corrected chi connectivity index (χ3v) is 6.85. The molecule has 3 aromatic heterocycles. The average molecular weight is 439 g/mol. The fourth-order valence-corrected chi connectivity index (χ4v) is 5.00. The molecule has 0 saturated carbocycles. The number of aromatic nitrogens is 3. The predicted octanol–water partition coefficient (Wildman–Crippen LogP) is 5.20.